The summed E-state index contributed by atoms with van der Waals surface area (Å²) in [5.74, 6) is 2.48. The van der Waals surface area contributed by atoms with Crippen LogP contribution in [0.5, 0.6) is 0 Å². The molecule has 0 aromatic carbocycles. The molecule has 2 aliphatic rings. The number of carbonyl (C=O) groups is 1. The second-order valence-electron chi connectivity index (χ2n) is 6.84. The molecule has 3 rings (SSSR count). The zero-order valence-corrected chi connectivity index (χ0v) is 15.3. The van der Waals surface area contributed by atoms with Gasteiger partial charge >= 0.3 is 0 Å². The van der Waals surface area contributed by atoms with E-state index in [4.69, 9.17) is 9.72 Å². The zero-order chi connectivity index (χ0) is 17.6. The summed E-state index contributed by atoms with van der Waals surface area (Å²) >= 11 is 0. The van der Waals surface area contributed by atoms with Crippen molar-refractivity contribution in [3.05, 3.63) is 17.6 Å². The molecule has 138 valence electrons. The molecule has 0 saturated carbocycles. The highest BCUT2D eigenvalue weighted by molar-refractivity contribution is 5.75. The molecule has 25 heavy (non-hydrogen) atoms. The lowest BCUT2D eigenvalue weighted by Gasteiger charge is -2.32. The Morgan fingerprint density at radius 3 is 2.64 bits per heavy atom. The van der Waals surface area contributed by atoms with E-state index >= 15 is 0 Å². The largest absolute Gasteiger partial charge is 0.378 e. The fourth-order valence-corrected chi connectivity index (χ4v) is 3.58. The van der Waals surface area contributed by atoms with Crippen molar-refractivity contribution in [2.75, 3.05) is 57.9 Å². The molecule has 0 unspecified atom stereocenters. The Hall–Kier alpha value is -1.73. The van der Waals surface area contributed by atoms with Gasteiger partial charge in [0.1, 0.15) is 11.6 Å². The second-order valence-corrected chi connectivity index (χ2v) is 6.84. The van der Waals surface area contributed by atoms with Gasteiger partial charge in [-0.15, -0.1) is 0 Å². The fraction of sp³-hybridized carbons (Fsp3) is 0.722. The maximum atomic E-state index is 11.4. The number of likely N-dealkylation sites (tertiary alicyclic amines) is 1. The average molecular weight is 347 g/mol. The van der Waals surface area contributed by atoms with E-state index in [0.717, 1.165) is 70.4 Å². The van der Waals surface area contributed by atoms with Crippen LogP contribution in [0.1, 0.15) is 36.7 Å². The summed E-state index contributed by atoms with van der Waals surface area (Å²) in [6.45, 7) is 8.20. The van der Waals surface area contributed by atoms with Crippen LogP contribution < -0.4 is 10.2 Å². The lowest BCUT2D eigenvalue weighted by molar-refractivity contribution is -0.121. The first kappa shape index (κ1) is 18.1. The van der Waals surface area contributed by atoms with Gasteiger partial charge in [0.2, 0.25) is 5.91 Å². The number of hydrogen-bond acceptors (Lipinski definition) is 6. The molecule has 0 atom stereocenters. The van der Waals surface area contributed by atoms with Gasteiger partial charge in [0, 0.05) is 50.8 Å². The van der Waals surface area contributed by atoms with E-state index < -0.39 is 0 Å². The van der Waals surface area contributed by atoms with Gasteiger partial charge in [-0.1, -0.05) is 0 Å². The van der Waals surface area contributed by atoms with Crippen LogP contribution in [0.4, 0.5) is 5.82 Å². The van der Waals surface area contributed by atoms with E-state index in [1.54, 1.807) is 7.05 Å². The Balaban J connectivity index is 1.59. The van der Waals surface area contributed by atoms with Crippen molar-refractivity contribution < 1.29 is 9.53 Å². The summed E-state index contributed by atoms with van der Waals surface area (Å²) in [6.07, 6.45) is 2.76. The van der Waals surface area contributed by atoms with Crippen LogP contribution in [-0.4, -0.2) is 73.8 Å². The Kier molecular flexibility index (Phi) is 6.20. The maximum absolute atomic E-state index is 11.4. The van der Waals surface area contributed by atoms with Crippen molar-refractivity contribution in [1.29, 1.82) is 0 Å². The van der Waals surface area contributed by atoms with Gasteiger partial charge < -0.3 is 19.9 Å². The van der Waals surface area contributed by atoms with Gasteiger partial charge in [0.05, 0.1) is 13.2 Å². The number of ether oxygens (including phenoxy) is 1. The third kappa shape index (κ3) is 4.89. The number of hydrogen-bond donors (Lipinski definition) is 1. The van der Waals surface area contributed by atoms with Gasteiger partial charge in [-0.2, -0.15) is 0 Å². The molecule has 1 aromatic heterocycles. The first-order chi connectivity index (χ1) is 12.2. The van der Waals surface area contributed by atoms with Crippen molar-refractivity contribution in [3.63, 3.8) is 0 Å². The number of carbonyl (C=O) groups excluding carboxylic acids is 1. The number of aryl methyl sites for hydroxylation is 1. The van der Waals surface area contributed by atoms with Crippen molar-refractivity contribution in [2.45, 2.75) is 32.1 Å². The SMILES string of the molecule is CNC(=O)CCN1CCC(c2cc(N3CCOCC3)nc(C)n2)CC1. The Morgan fingerprint density at radius 1 is 1.24 bits per heavy atom. The number of amides is 1. The molecule has 3 heterocycles. The van der Waals surface area contributed by atoms with E-state index in [9.17, 15) is 4.79 Å². The third-order valence-corrected chi connectivity index (χ3v) is 5.12. The van der Waals surface area contributed by atoms with Gasteiger partial charge in [-0.25, -0.2) is 9.97 Å². The number of anilines is 1. The second kappa shape index (κ2) is 8.58. The summed E-state index contributed by atoms with van der Waals surface area (Å²) in [7, 11) is 1.69. The van der Waals surface area contributed by atoms with E-state index in [1.165, 1.54) is 5.69 Å². The first-order valence-corrected chi connectivity index (χ1v) is 9.27. The van der Waals surface area contributed by atoms with Crippen LogP contribution >= 0.6 is 0 Å². The molecule has 2 saturated heterocycles. The van der Waals surface area contributed by atoms with Crippen LogP contribution in [0.3, 0.4) is 0 Å². The van der Waals surface area contributed by atoms with Gasteiger partial charge in [-0.3, -0.25) is 4.79 Å². The summed E-state index contributed by atoms with van der Waals surface area (Å²) in [5, 5.41) is 2.69. The Morgan fingerprint density at radius 2 is 1.96 bits per heavy atom. The van der Waals surface area contributed by atoms with E-state index in [0.29, 0.717) is 12.3 Å². The molecule has 1 N–H and O–H groups in total. The van der Waals surface area contributed by atoms with E-state index in [1.807, 2.05) is 6.92 Å². The average Bonchev–Trinajstić information content (AvgIpc) is 2.66. The minimum Gasteiger partial charge on any atom is -0.378 e. The molecule has 7 nitrogen and oxygen atoms in total. The summed E-state index contributed by atoms with van der Waals surface area (Å²) < 4.78 is 5.44. The lowest BCUT2D eigenvalue weighted by atomic mass is 9.93. The highest BCUT2D eigenvalue weighted by atomic mass is 16.5. The molecule has 0 bridgehead atoms. The van der Waals surface area contributed by atoms with Gasteiger partial charge in [0.15, 0.2) is 0 Å². The highest BCUT2D eigenvalue weighted by Gasteiger charge is 2.23. The zero-order valence-electron chi connectivity index (χ0n) is 15.3. The maximum Gasteiger partial charge on any atom is 0.221 e. The fourth-order valence-electron chi connectivity index (χ4n) is 3.58. The molecular weight excluding hydrogens is 318 g/mol. The normalized spacial score (nSPS) is 19.8. The summed E-state index contributed by atoms with van der Waals surface area (Å²) in [4.78, 5) is 25.4. The smallest absolute Gasteiger partial charge is 0.221 e. The molecule has 7 heteroatoms. The van der Waals surface area contributed by atoms with Gasteiger partial charge in [-0.05, 0) is 32.9 Å². The number of aromatic nitrogens is 2. The predicted octanol–water partition coefficient (Wildman–Crippen LogP) is 0.937. The molecule has 2 aliphatic heterocycles. The molecular formula is C18H29N5O2. The minimum atomic E-state index is 0.115. The highest BCUT2D eigenvalue weighted by Crippen LogP contribution is 2.29. The van der Waals surface area contributed by atoms with Gasteiger partial charge in [0.25, 0.3) is 0 Å². The number of morpholine rings is 1. The number of nitrogens with zero attached hydrogens (tertiary/aromatic N) is 4. The minimum absolute atomic E-state index is 0.115. The molecule has 0 radical (unpaired) electrons. The standard InChI is InChI=1S/C18H29N5O2/c1-14-20-16(13-17(21-14)23-9-11-25-12-10-23)15-3-6-22(7-4-15)8-5-18(24)19-2/h13,15H,3-12H2,1-2H3,(H,19,24). The number of rotatable bonds is 5. The molecule has 2 fully saturated rings. The van der Waals surface area contributed by atoms with Crippen LogP contribution in [0.25, 0.3) is 0 Å². The van der Waals surface area contributed by atoms with Crippen molar-refractivity contribution in [2.24, 2.45) is 0 Å². The van der Waals surface area contributed by atoms with E-state index in [2.05, 4.69) is 26.2 Å². The van der Waals surface area contributed by atoms with Crippen molar-refractivity contribution >= 4 is 11.7 Å². The molecule has 1 aromatic rings. The first-order valence-electron chi connectivity index (χ1n) is 9.27. The topological polar surface area (TPSA) is 70.6 Å². The van der Waals surface area contributed by atoms with Crippen LogP contribution in [0.15, 0.2) is 6.07 Å². The van der Waals surface area contributed by atoms with E-state index in [-0.39, 0.29) is 5.91 Å². The quantitative estimate of drug-likeness (QED) is 0.855. The van der Waals surface area contributed by atoms with Crippen LogP contribution in [0, 0.1) is 6.92 Å². The summed E-state index contributed by atoms with van der Waals surface area (Å²) in [6, 6.07) is 2.17. The molecule has 0 spiro atoms. The Labute approximate surface area is 149 Å². The van der Waals surface area contributed by atoms with Crippen molar-refractivity contribution in [1.82, 2.24) is 20.2 Å². The predicted molar refractivity (Wildman–Crippen MR) is 96.9 cm³/mol. The van der Waals surface area contributed by atoms with Crippen LogP contribution in [-0.2, 0) is 9.53 Å². The van der Waals surface area contributed by atoms with Crippen molar-refractivity contribution in [3.8, 4) is 0 Å². The summed E-state index contributed by atoms with van der Waals surface area (Å²) in [5.41, 5.74) is 1.17. The number of nitrogens with one attached hydrogen (secondary N) is 1. The lowest BCUT2D eigenvalue weighted by Crippen LogP contribution is -2.37. The number of piperidine rings is 1. The monoisotopic (exact) mass is 347 g/mol. The third-order valence-electron chi connectivity index (χ3n) is 5.12. The Bertz CT molecular complexity index is 581. The molecule has 1 amide bonds. The molecule has 0 aliphatic carbocycles. The van der Waals surface area contributed by atoms with Crippen LogP contribution in [0.2, 0.25) is 0 Å².